The predicted molar refractivity (Wildman–Crippen MR) is 89.6 cm³/mol. The van der Waals surface area contributed by atoms with Gasteiger partial charge < -0.3 is 4.90 Å². The highest BCUT2D eigenvalue weighted by Crippen LogP contribution is 2.29. The second-order valence-corrected chi connectivity index (χ2v) is 6.22. The van der Waals surface area contributed by atoms with Crippen LogP contribution >= 0.6 is 15.9 Å². The molecule has 1 saturated heterocycles. The van der Waals surface area contributed by atoms with Crippen LogP contribution in [0, 0.1) is 5.92 Å². The van der Waals surface area contributed by atoms with E-state index in [0.717, 1.165) is 29.9 Å². The fourth-order valence-corrected chi connectivity index (χ4v) is 3.52. The zero-order valence-electron chi connectivity index (χ0n) is 12.0. The molecule has 20 heavy (non-hydrogen) atoms. The highest BCUT2D eigenvalue weighted by Gasteiger charge is 2.21. The number of anilines is 1. The fourth-order valence-electron chi connectivity index (χ4n) is 3.11. The number of aromatic nitrogens is 1. The Morgan fingerprint density at radius 1 is 1.35 bits per heavy atom. The summed E-state index contributed by atoms with van der Waals surface area (Å²) in [6.45, 7) is 4.59. The van der Waals surface area contributed by atoms with Crippen LogP contribution in [-0.2, 0) is 5.33 Å². The summed E-state index contributed by atoms with van der Waals surface area (Å²) in [6.07, 6.45) is 3.92. The number of rotatable bonds is 3. The molecular weight excluding hydrogens is 312 g/mol. The van der Waals surface area contributed by atoms with Crippen LogP contribution in [0.2, 0.25) is 0 Å². The zero-order chi connectivity index (χ0) is 13.9. The summed E-state index contributed by atoms with van der Waals surface area (Å²) in [6, 6.07) is 10.7. The maximum Gasteiger partial charge on any atom is 0.133 e. The van der Waals surface area contributed by atoms with Crippen molar-refractivity contribution in [1.29, 1.82) is 0 Å². The van der Waals surface area contributed by atoms with Crippen molar-refractivity contribution in [2.75, 3.05) is 18.0 Å². The van der Waals surface area contributed by atoms with Crippen LogP contribution in [0.3, 0.4) is 0 Å². The third-order valence-electron chi connectivity index (χ3n) is 4.32. The number of halogens is 1. The van der Waals surface area contributed by atoms with E-state index in [1.165, 1.54) is 36.0 Å². The maximum absolute atomic E-state index is 4.93. The van der Waals surface area contributed by atoms with E-state index in [4.69, 9.17) is 4.98 Å². The van der Waals surface area contributed by atoms with Crippen LogP contribution < -0.4 is 4.90 Å². The van der Waals surface area contributed by atoms with Crippen LogP contribution in [0.1, 0.15) is 31.7 Å². The van der Waals surface area contributed by atoms with Crippen LogP contribution in [-0.4, -0.2) is 18.1 Å². The zero-order valence-corrected chi connectivity index (χ0v) is 13.6. The minimum absolute atomic E-state index is 0.820. The van der Waals surface area contributed by atoms with Gasteiger partial charge in [0.15, 0.2) is 0 Å². The second kappa shape index (κ2) is 6.13. The first-order valence-corrected chi connectivity index (χ1v) is 8.63. The topological polar surface area (TPSA) is 16.1 Å². The van der Waals surface area contributed by atoms with E-state index in [0.29, 0.717) is 0 Å². The van der Waals surface area contributed by atoms with E-state index >= 15 is 0 Å². The number of para-hydroxylation sites is 1. The van der Waals surface area contributed by atoms with Gasteiger partial charge in [-0.25, -0.2) is 4.98 Å². The summed E-state index contributed by atoms with van der Waals surface area (Å²) in [5.41, 5.74) is 2.41. The maximum atomic E-state index is 4.93. The lowest BCUT2D eigenvalue weighted by Crippen LogP contribution is -2.36. The van der Waals surface area contributed by atoms with Gasteiger partial charge in [-0.3, -0.25) is 0 Å². The van der Waals surface area contributed by atoms with Gasteiger partial charge in [-0.1, -0.05) is 47.5 Å². The van der Waals surface area contributed by atoms with Gasteiger partial charge in [-0.2, -0.15) is 0 Å². The third kappa shape index (κ3) is 2.69. The summed E-state index contributed by atoms with van der Waals surface area (Å²) in [4.78, 5) is 7.42. The smallest absolute Gasteiger partial charge is 0.133 e. The molecule has 0 N–H and O–H groups in total. The SMILES string of the molecule is CCC1CCCN(c2nc3ccccc3cc2CBr)C1. The molecule has 0 saturated carbocycles. The van der Waals surface area contributed by atoms with Gasteiger partial charge >= 0.3 is 0 Å². The highest BCUT2D eigenvalue weighted by atomic mass is 79.9. The number of alkyl halides is 1. The molecule has 0 amide bonds. The van der Waals surface area contributed by atoms with Crippen LogP contribution in [0.5, 0.6) is 0 Å². The quantitative estimate of drug-likeness (QED) is 0.753. The molecule has 0 spiro atoms. The van der Waals surface area contributed by atoms with E-state index in [1.54, 1.807) is 0 Å². The first-order chi connectivity index (χ1) is 9.81. The molecule has 3 heteroatoms. The molecule has 0 aliphatic carbocycles. The Morgan fingerprint density at radius 3 is 3.00 bits per heavy atom. The molecule has 2 aromatic rings. The van der Waals surface area contributed by atoms with E-state index in [9.17, 15) is 0 Å². The molecule has 1 atom stereocenters. The van der Waals surface area contributed by atoms with E-state index in [-0.39, 0.29) is 0 Å². The average Bonchev–Trinajstić information content (AvgIpc) is 2.53. The Kier molecular flexibility index (Phi) is 4.25. The summed E-state index contributed by atoms with van der Waals surface area (Å²) in [5.74, 6) is 2.00. The second-order valence-electron chi connectivity index (χ2n) is 5.66. The minimum Gasteiger partial charge on any atom is -0.356 e. The van der Waals surface area contributed by atoms with E-state index in [2.05, 4.69) is 58.1 Å². The van der Waals surface area contributed by atoms with Crippen molar-refractivity contribution in [3.05, 3.63) is 35.9 Å². The van der Waals surface area contributed by atoms with E-state index < -0.39 is 0 Å². The molecule has 0 bridgehead atoms. The van der Waals surface area contributed by atoms with Gasteiger partial charge in [0.25, 0.3) is 0 Å². The molecule has 1 aromatic heterocycles. The van der Waals surface area contributed by atoms with Crippen molar-refractivity contribution in [3.63, 3.8) is 0 Å². The summed E-state index contributed by atoms with van der Waals surface area (Å²) < 4.78 is 0. The van der Waals surface area contributed by atoms with Gasteiger partial charge in [-0.05, 0) is 30.9 Å². The van der Waals surface area contributed by atoms with Gasteiger partial charge in [0, 0.05) is 29.4 Å². The first kappa shape index (κ1) is 13.9. The largest absolute Gasteiger partial charge is 0.356 e. The van der Waals surface area contributed by atoms with Gasteiger partial charge in [0.1, 0.15) is 5.82 Å². The van der Waals surface area contributed by atoms with Crippen molar-refractivity contribution in [3.8, 4) is 0 Å². The fraction of sp³-hybridized carbons (Fsp3) is 0.471. The Labute approximate surface area is 129 Å². The molecular formula is C17H21BrN2. The Morgan fingerprint density at radius 2 is 2.20 bits per heavy atom. The highest BCUT2D eigenvalue weighted by molar-refractivity contribution is 9.08. The number of benzene rings is 1. The lowest BCUT2D eigenvalue weighted by molar-refractivity contribution is 0.403. The number of piperidine rings is 1. The standard InChI is InChI=1S/C17H21BrN2/c1-2-13-6-5-9-20(12-13)17-15(11-18)10-14-7-3-4-8-16(14)19-17/h3-4,7-8,10,13H,2,5-6,9,11-12H2,1H3. The number of hydrogen-bond acceptors (Lipinski definition) is 2. The number of pyridine rings is 1. The minimum atomic E-state index is 0.820. The third-order valence-corrected chi connectivity index (χ3v) is 4.92. The van der Waals surface area contributed by atoms with Crippen molar-refractivity contribution >= 4 is 32.7 Å². The summed E-state index contributed by atoms with van der Waals surface area (Å²) in [7, 11) is 0. The lowest BCUT2D eigenvalue weighted by atomic mass is 9.95. The Bertz CT molecular complexity index is 597. The van der Waals surface area contributed by atoms with Crippen molar-refractivity contribution < 1.29 is 0 Å². The Balaban J connectivity index is 2.00. The van der Waals surface area contributed by atoms with Crippen LogP contribution in [0.15, 0.2) is 30.3 Å². The Hall–Kier alpha value is -1.09. The predicted octanol–water partition coefficient (Wildman–Crippen LogP) is 4.76. The molecule has 1 aliphatic heterocycles. The molecule has 1 aliphatic rings. The van der Waals surface area contributed by atoms with Crippen molar-refractivity contribution in [2.45, 2.75) is 31.5 Å². The van der Waals surface area contributed by atoms with Gasteiger partial charge in [0.2, 0.25) is 0 Å². The molecule has 1 unspecified atom stereocenters. The number of hydrogen-bond donors (Lipinski definition) is 0. The van der Waals surface area contributed by atoms with Crippen LogP contribution in [0.25, 0.3) is 10.9 Å². The van der Waals surface area contributed by atoms with E-state index in [1.807, 2.05) is 0 Å². The monoisotopic (exact) mass is 332 g/mol. The van der Waals surface area contributed by atoms with Crippen molar-refractivity contribution in [1.82, 2.24) is 4.98 Å². The molecule has 2 nitrogen and oxygen atoms in total. The van der Waals surface area contributed by atoms with Crippen LogP contribution in [0.4, 0.5) is 5.82 Å². The molecule has 0 radical (unpaired) electrons. The molecule has 106 valence electrons. The lowest BCUT2D eigenvalue weighted by Gasteiger charge is -2.34. The average molecular weight is 333 g/mol. The first-order valence-electron chi connectivity index (χ1n) is 7.51. The number of fused-ring (bicyclic) bond motifs is 1. The molecule has 1 fully saturated rings. The molecule has 1 aromatic carbocycles. The molecule has 3 rings (SSSR count). The number of nitrogens with zero attached hydrogens (tertiary/aromatic N) is 2. The normalized spacial score (nSPS) is 19.5. The summed E-state index contributed by atoms with van der Waals surface area (Å²) >= 11 is 3.63. The summed E-state index contributed by atoms with van der Waals surface area (Å²) in [5, 5.41) is 2.10. The van der Waals surface area contributed by atoms with Gasteiger partial charge in [-0.15, -0.1) is 0 Å². The van der Waals surface area contributed by atoms with Crippen molar-refractivity contribution in [2.24, 2.45) is 5.92 Å². The van der Waals surface area contributed by atoms with Gasteiger partial charge in [0.05, 0.1) is 5.52 Å². The molecule has 2 heterocycles.